The van der Waals surface area contributed by atoms with Crippen LogP contribution in [0.15, 0.2) is 127 Å². The van der Waals surface area contributed by atoms with Crippen LogP contribution in [-0.4, -0.2) is 4.57 Å². The number of fused-ring (bicyclic) bond motifs is 14. The third-order valence-electron chi connectivity index (χ3n) is 9.55. The molecule has 0 unspecified atom stereocenters. The van der Waals surface area contributed by atoms with Gasteiger partial charge in [0.1, 0.15) is 0 Å². The van der Waals surface area contributed by atoms with Crippen LogP contribution in [-0.2, 0) is 0 Å². The van der Waals surface area contributed by atoms with E-state index in [0.717, 1.165) is 0 Å². The number of aromatic nitrogens is 1. The smallest absolute Gasteiger partial charge is 0.0556 e. The van der Waals surface area contributed by atoms with E-state index in [4.69, 9.17) is 0 Å². The molecule has 1 nitrogen and oxygen atoms in total. The first-order valence-electron chi connectivity index (χ1n) is 14.7. The van der Waals surface area contributed by atoms with Crippen molar-refractivity contribution >= 4 is 95.6 Å². The van der Waals surface area contributed by atoms with Gasteiger partial charge in [-0.25, -0.2) is 0 Å². The Hall–Kier alpha value is -4.96. The normalized spacial score (nSPS) is 12.7. The van der Waals surface area contributed by atoms with Crippen LogP contribution in [0.3, 0.4) is 0 Å². The van der Waals surface area contributed by atoms with Crippen molar-refractivity contribution in [2.24, 2.45) is 0 Å². The Morgan fingerprint density at radius 1 is 0.372 bits per heavy atom. The number of rotatable bonds is 1. The van der Waals surface area contributed by atoms with Crippen molar-refractivity contribution in [2.45, 2.75) is 0 Å². The first kappa shape index (κ1) is 22.6. The highest BCUT2D eigenvalue weighted by molar-refractivity contribution is 7.27. The highest BCUT2D eigenvalue weighted by Gasteiger charge is 2.27. The zero-order valence-corrected chi connectivity index (χ0v) is 24.5. The molecule has 7 aromatic carbocycles. The minimum Gasteiger partial charge on any atom is -0.309 e. The quantitative estimate of drug-likeness (QED) is 0.182. The van der Waals surface area contributed by atoms with Gasteiger partial charge in [0.2, 0.25) is 0 Å². The van der Waals surface area contributed by atoms with Gasteiger partial charge < -0.3 is 4.57 Å². The molecule has 0 fully saturated rings. The molecular weight excluding hydrogens is 559 g/mol. The van der Waals surface area contributed by atoms with E-state index in [9.17, 15) is 0 Å². The third kappa shape index (κ3) is 2.73. The molecule has 0 amide bonds. The average molecular weight is 580 g/mol. The van der Waals surface area contributed by atoms with Crippen LogP contribution in [0, 0.1) is 0 Å². The molecule has 1 aliphatic rings. The number of hydrogen-bond donors (Lipinski definition) is 0. The molecule has 43 heavy (non-hydrogen) atoms. The summed E-state index contributed by atoms with van der Waals surface area (Å²) in [6.07, 6.45) is 0. The molecule has 0 aliphatic heterocycles. The number of para-hydroxylation sites is 1. The first-order chi connectivity index (χ1) is 21.3. The maximum absolute atomic E-state index is 2.51. The van der Waals surface area contributed by atoms with E-state index >= 15 is 0 Å². The second kappa shape index (κ2) is 7.90. The second-order valence-electron chi connectivity index (χ2n) is 11.6. The Morgan fingerprint density at radius 2 is 1.02 bits per heavy atom. The summed E-state index contributed by atoms with van der Waals surface area (Å²) in [6.45, 7) is 0. The highest BCUT2D eigenvalue weighted by atomic mass is 32.1. The molecule has 0 radical (unpaired) electrons. The maximum atomic E-state index is 2.51. The second-order valence-corrected chi connectivity index (χ2v) is 13.7. The summed E-state index contributed by atoms with van der Waals surface area (Å²) in [5.74, 6) is 0. The Labute approximate surface area is 254 Å². The lowest BCUT2D eigenvalue weighted by atomic mass is 10.0. The van der Waals surface area contributed by atoms with Gasteiger partial charge in [-0.1, -0.05) is 97.1 Å². The minimum absolute atomic E-state index is 1.24. The molecule has 11 rings (SSSR count). The lowest BCUT2D eigenvalue weighted by Gasteiger charge is -2.13. The van der Waals surface area contributed by atoms with Crippen molar-refractivity contribution in [1.82, 2.24) is 4.57 Å². The predicted octanol–water partition coefficient (Wildman–Crippen LogP) is 12.3. The molecule has 0 saturated heterocycles. The van der Waals surface area contributed by atoms with Gasteiger partial charge in [-0.05, 0) is 52.4 Å². The number of benzene rings is 7. The van der Waals surface area contributed by atoms with E-state index in [2.05, 4.69) is 132 Å². The van der Waals surface area contributed by atoms with Crippen molar-refractivity contribution in [3.8, 4) is 27.9 Å². The molecule has 0 bridgehead atoms. The summed E-state index contributed by atoms with van der Waals surface area (Å²) >= 11 is 3.84. The van der Waals surface area contributed by atoms with E-state index in [1.807, 2.05) is 22.7 Å². The fourth-order valence-corrected chi connectivity index (χ4v) is 10.3. The molecule has 0 saturated carbocycles. The summed E-state index contributed by atoms with van der Waals surface area (Å²) in [7, 11) is 0. The van der Waals surface area contributed by atoms with Gasteiger partial charge >= 0.3 is 0 Å². The lowest BCUT2D eigenvalue weighted by molar-refractivity contribution is 1.20. The third-order valence-corrected chi connectivity index (χ3v) is 12.0. The minimum atomic E-state index is 1.24. The molecule has 3 heterocycles. The van der Waals surface area contributed by atoms with Crippen molar-refractivity contribution < 1.29 is 0 Å². The molecule has 1 aliphatic carbocycles. The topological polar surface area (TPSA) is 4.93 Å². The van der Waals surface area contributed by atoms with Crippen LogP contribution in [0.4, 0.5) is 0 Å². The van der Waals surface area contributed by atoms with Gasteiger partial charge in [0.25, 0.3) is 0 Å². The predicted molar refractivity (Wildman–Crippen MR) is 188 cm³/mol. The van der Waals surface area contributed by atoms with Gasteiger partial charge in [0, 0.05) is 62.1 Å². The largest absolute Gasteiger partial charge is 0.309 e. The highest BCUT2D eigenvalue weighted by Crippen LogP contribution is 2.54. The fourth-order valence-electron chi connectivity index (χ4n) is 7.79. The molecular formula is C40H21NS2. The van der Waals surface area contributed by atoms with E-state index < -0.39 is 0 Å². The van der Waals surface area contributed by atoms with E-state index in [0.29, 0.717) is 0 Å². The van der Waals surface area contributed by atoms with Crippen LogP contribution in [0.1, 0.15) is 0 Å². The standard InChI is InChI=1S/C40H21NS2/c1-4-13-31-29(10-1)38-33(21-19-27-23-9-3-6-15-35(23)43-40(27)38)41(31)32-20-18-24-25-16-17-26-22-8-2-5-14-34(22)42-39(26)37(25)30-12-7-11-28(32)36(24)30/h1-21H. The lowest BCUT2D eigenvalue weighted by Crippen LogP contribution is -1.95. The van der Waals surface area contributed by atoms with Crippen molar-refractivity contribution in [1.29, 1.82) is 0 Å². The van der Waals surface area contributed by atoms with Crippen molar-refractivity contribution in [3.05, 3.63) is 127 Å². The summed E-state index contributed by atoms with van der Waals surface area (Å²) < 4.78 is 7.98. The molecule has 10 aromatic rings. The molecule has 198 valence electrons. The fraction of sp³-hybridized carbons (Fsp3) is 0. The Balaban J connectivity index is 1.26. The monoisotopic (exact) mass is 579 g/mol. The van der Waals surface area contributed by atoms with Crippen LogP contribution in [0.2, 0.25) is 0 Å². The Morgan fingerprint density at radius 3 is 1.86 bits per heavy atom. The van der Waals surface area contributed by atoms with Gasteiger partial charge in [0.15, 0.2) is 0 Å². The SMILES string of the molecule is c1ccc2c(c1)sc1c3c(ccc12)-c1ccc(-n2c4ccccc4c4c5sc6ccccc6c5ccc42)c2cccc-3c12. The number of nitrogens with zero attached hydrogens (tertiary/aromatic N) is 1. The van der Waals surface area contributed by atoms with Crippen LogP contribution < -0.4 is 0 Å². The van der Waals surface area contributed by atoms with Crippen LogP contribution in [0.5, 0.6) is 0 Å². The molecule has 3 heteroatoms. The van der Waals surface area contributed by atoms with Crippen molar-refractivity contribution in [2.75, 3.05) is 0 Å². The summed E-state index contributed by atoms with van der Waals surface area (Å²) in [4.78, 5) is 0. The Kier molecular flexibility index (Phi) is 4.15. The van der Waals surface area contributed by atoms with E-state index in [1.165, 1.54) is 101 Å². The van der Waals surface area contributed by atoms with Crippen LogP contribution in [0.25, 0.3) is 101 Å². The summed E-state index contributed by atoms with van der Waals surface area (Å²) in [5.41, 5.74) is 9.21. The zero-order valence-electron chi connectivity index (χ0n) is 22.9. The molecule has 0 spiro atoms. The van der Waals surface area contributed by atoms with Gasteiger partial charge in [-0.3, -0.25) is 0 Å². The van der Waals surface area contributed by atoms with E-state index in [-0.39, 0.29) is 0 Å². The Bertz CT molecular complexity index is 2840. The zero-order chi connectivity index (χ0) is 27.8. The molecule has 3 aromatic heterocycles. The van der Waals surface area contributed by atoms with Crippen molar-refractivity contribution in [3.63, 3.8) is 0 Å². The van der Waals surface area contributed by atoms with E-state index in [1.54, 1.807) is 0 Å². The summed E-state index contributed by atoms with van der Waals surface area (Å²) in [6, 6.07) is 47.6. The summed E-state index contributed by atoms with van der Waals surface area (Å²) in [5, 5.41) is 10.7. The van der Waals surface area contributed by atoms with Gasteiger partial charge in [0.05, 0.1) is 16.7 Å². The first-order valence-corrected chi connectivity index (χ1v) is 16.3. The maximum Gasteiger partial charge on any atom is 0.0556 e. The van der Waals surface area contributed by atoms with Gasteiger partial charge in [-0.15, -0.1) is 22.7 Å². The average Bonchev–Trinajstić information content (AvgIpc) is 3.80. The number of hydrogen-bond acceptors (Lipinski definition) is 2. The molecule has 0 N–H and O–H groups in total. The van der Waals surface area contributed by atoms with Crippen LogP contribution >= 0.6 is 22.7 Å². The van der Waals surface area contributed by atoms with Gasteiger partial charge in [-0.2, -0.15) is 0 Å². The number of thiophene rings is 2. The molecule has 0 atom stereocenters.